The van der Waals surface area contributed by atoms with Crippen molar-refractivity contribution in [2.75, 3.05) is 25.9 Å². The van der Waals surface area contributed by atoms with Crippen LogP contribution in [0, 0.1) is 0 Å². The van der Waals surface area contributed by atoms with E-state index >= 15 is 0 Å². The maximum Gasteiger partial charge on any atom is 0.246 e. The van der Waals surface area contributed by atoms with Gasteiger partial charge in [0.2, 0.25) is 10.0 Å². The van der Waals surface area contributed by atoms with Crippen LogP contribution >= 0.6 is 0 Å². The van der Waals surface area contributed by atoms with E-state index in [0.29, 0.717) is 0 Å². The summed E-state index contributed by atoms with van der Waals surface area (Å²) in [5, 5.41) is 3.85. The van der Waals surface area contributed by atoms with Gasteiger partial charge in [0.05, 0.1) is 0 Å². The fraction of sp³-hybridized carbons (Fsp3) is 0.700. The Labute approximate surface area is 107 Å². The van der Waals surface area contributed by atoms with Gasteiger partial charge in [0.15, 0.2) is 5.82 Å². The number of anilines is 1. The second-order valence-electron chi connectivity index (χ2n) is 4.77. The molecule has 2 heterocycles. The van der Waals surface area contributed by atoms with Crippen molar-refractivity contribution in [3.63, 3.8) is 0 Å². The van der Waals surface area contributed by atoms with Crippen molar-refractivity contribution in [1.29, 1.82) is 0 Å². The average Bonchev–Trinajstić information content (AvgIpc) is 2.58. The van der Waals surface area contributed by atoms with Gasteiger partial charge in [0.25, 0.3) is 0 Å². The molecule has 1 saturated heterocycles. The fourth-order valence-electron chi connectivity index (χ4n) is 2.24. The van der Waals surface area contributed by atoms with Crippen LogP contribution < -0.4 is 10.5 Å². The molecule has 0 saturated carbocycles. The number of rotatable bonds is 3. The van der Waals surface area contributed by atoms with Crippen LogP contribution in [-0.2, 0) is 17.1 Å². The summed E-state index contributed by atoms with van der Waals surface area (Å²) in [4.78, 5) is 2.17. The van der Waals surface area contributed by atoms with Crippen LogP contribution in [0.15, 0.2) is 11.1 Å². The minimum atomic E-state index is -3.58. The van der Waals surface area contributed by atoms with Crippen molar-refractivity contribution in [1.82, 2.24) is 19.4 Å². The van der Waals surface area contributed by atoms with Crippen molar-refractivity contribution in [3.8, 4) is 0 Å². The third kappa shape index (κ3) is 2.82. The Balaban J connectivity index is 2.14. The van der Waals surface area contributed by atoms with Crippen LogP contribution in [0.4, 0.5) is 5.82 Å². The molecule has 1 aromatic rings. The molecule has 102 valence electrons. The molecule has 2 rings (SSSR count). The highest BCUT2D eigenvalue weighted by molar-refractivity contribution is 7.89. The summed E-state index contributed by atoms with van der Waals surface area (Å²) in [7, 11) is 0.0495. The van der Waals surface area contributed by atoms with Crippen LogP contribution in [0.2, 0.25) is 0 Å². The van der Waals surface area contributed by atoms with Gasteiger partial charge < -0.3 is 10.6 Å². The molecule has 1 fully saturated rings. The van der Waals surface area contributed by atoms with E-state index in [2.05, 4.69) is 14.7 Å². The molecule has 18 heavy (non-hydrogen) atoms. The van der Waals surface area contributed by atoms with Gasteiger partial charge in [0, 0.05) is 25.8 Å². The van der Waals surface area contributed by atoms with Crippen molar-refractivity contribution in [2.24, 2.45) is 7.05 Å². The minimum absolute atomic E-state index is 0.0363. The monoisotopic (exact) mass is 273 g/mol. The Kier molecular flexibility index (Phi) is 3.60. The first-order chi connectivity index (χ1) is 8.38. The first-order valence-electron chi connectivity index (χ1n) is 5.88. The number of sulfonamides is 1. The highest BCUT2D eigenvalue weighted by Crippen LogP contribution is 2.17. The molecule has 3 N–H and O–H groups in total. The zero-order valence-electron chi connectivity index (χ0n) is 10.6. The van der Waals surface area contributed by atoms with E-state index in [0.717, 1.165) is 25.9 Å². The normalized spacial score (nSPS) is 22.2. The Morgan fingerprint density at radius 3 is 2.78 bits per heavy atom. The lowest BCUT2D eigenvalue weighted by molar-refractivity contribution is 0.242. The lowest BCUT2D eigenvalue weighted by Crippen LogP contribution is -2.46. The summed E-state index contributed by atoms with van der Waals surface area (Å²) in [6.07, 6.45) is 3.26. The number of likely N-dealkylation sites (tertiary alicyclic amines) is 1. The Morgan fingerprint density at radius 1 is 1.50 bits per heavy atom. The van der Waals surface area contributed by atoms with E-state index in [1.54, 1.807) is 7.05 Å². The first kappa shape index (κ1) is 13.3. The molecule has 0 aromatic carbocycles. The molecule has 0 bridgehead atoms. The molecule has 7 nitrogen and oxygen atoms in total. The van der Waals surface area contributed by atoms with Crippen molar-refractivity contribution in [3.05, 3.63) is 6.20 Å². The molecule has 1 aliphatic rings. The zero-order chi connectivity index (χ0) is 13.3. The Morgan fingerprint density at radius 2 is 2.22 bits per heavy atom. The van der Waals surface area contributed by atoms with Crippen molar-refractivity contribution >= 4 is 15.8 Å². The van der Waals surface area contributed by atoms with E-state index in [4.69, 9.17) is 5.73 Å². The van der Waals surface area contributed by atoms with Crippen LogP contribution in [0.25, 0.3) is 0 Å². The van der Waals surface area contributed by atoms with Gasteiger partial charge in [-0.15, -0.1) is 0 Å². The number of hydrogen-bond donors (Lipinski definition) is 2. The summed E-state index contributed by atoms with van der Waals surface area (Å²) in [6, 6.07) is -0.0617. The van der Waals surface area contributed by atoms with E-state index < -0.39 is 10.0 Å². The number of aryl methyl sites for hydroxylation is 1. The molecule has 0 amide bonds. The number of nitrogens with one attached hydrogen (secondary N) is 1. The van der Waals surface area contributed by atoms with E-state index in [1.165, 1.54) is 10.9 Å². The lowest BCUT2D eigenvalue weighted by atomic mass is 10.1. The first-order valence-corrected chi connectivity index (χ1v) is 7.37. The van der Waals surface area contributed by atoms with E-state index in [9.17, 15) is 8.42 Å². The summed E-state index contributed by atoms with van der Waals surface area (Å²) in [6.45, 7) is 1.73. The van der Waals surface area contributed by atoms with Gasteiger partial charge >= 0.3 is 0 Å². The smallest absolute Gasteiger partial charge is 0.246 e. The average molecular weight is 273 g/mol. The molecule has 1 aliphatic heterocycles. The number of likely N-dealkylation sites (N-methyl/N-ethyl adjacent to an activating group) is 1. The predicted octanol–water partition coefficient (Wildman–Crippen LogP) is -0.625. The second kappa shape index (κ2) is 4.87. The third-order valence-electron chi connectivity index (χ3n) is 3.06. The van der Waals surface area contributed by atoms with Gasteiger partial charge in [-0.3, -0.25) is 4.68 Å². The highest BCUT2D eigenvalue weighted by Gasteiger charge is 2.26. The minimum Gasteiger partial charge on any atom is -0.381 e. The summed E-state index contributed by atoms with van der Waals surface area (Å²) in [5.41, 5.74) is 5.60. The highest BCUT2D eigenvalue weighted by atomic mass is 32.2. The molecule has 0 radical (unpaired) electrons. The zero-order valence-corrected chi connectivity index (χ0v) is 11.4. The van der Waals surface area contributed by atoms with Crippen LogP contribution in [0.3, 0.4) is 0 Å². The molecule has 1 unspecified atom stereocenters. The molecule has 1 atom stereocenters. The van der Waals surface area contributed by atoms with Gasteiger partial charge in [0.1, 0.15) is 4.90 Å². The van der Waals surface area contributed by atoms with Gasteiger partial charge in [-0.05, 0) is 26.4 Å². The maximum absolute atomic E-state index is 12.2. The molecule has 1 aromatic heterocycles. The molecule has 0 spiro atoms. The fourth-order valence-corrected chi connectivity index (χ4v) is 3.60. The molecular weight excluding hydrogens is 254 g/mol. The summed E-state index contributed by atoms with van der Waals surface area (Å²) >= 11 is 0. The van der Waals surface area contributed by atoms with Gasteiger partial charge in [-0.1, -0.05) is 0 Å². The molecule has 8 heteroatoms. The van der Waals surface area contributed by atoms with Crippen LogP contribution in [0.1, 0.15) is 12.8 Å². The Bertz CT molecular complexity index is 524. The predicted molar refractivity (Wildman–Crippen MR) is 68.5 cm³/mol. The second-order valence-corrected chi connectivity index (χ2v) is 6.46. The third-order valence-corrected chi connectivity index (χ3v) is 4.60. The van der Waals surface area contributed by atoms with Crippen LogP contribution in [0.5, 0.6) is 0 Å². The Hall–Kier alpha value is -1.12. The van der Waals surface area contributed by atoms with Crippen molar-refractivity contribution < 1.29 is 8.42 Å². The van der Waals surface area contributed by atoms with E-state index in [-0.39, 0.29) is 16.8 Å². The summed E-state index contributed by atoms with van der Waals surface area (Å²) in [5.74, 6) is 0.0363. The molecule has 0 aliphatic carbocycles. The van der Waals surface area contributed by atoms with Gasteiger partial charge in [-0.2, -0.15) is 5.10 Å². The van der Waals surface area contributed by atoms with Gasteiger partial charge in [-0.25, -0.2) is 13.1 Å². The number of nitrogen functional groups attached to an aromatic ring is 1. The van der Waals surface area contributed by atoms with Crippen molar-refractivity contribution in [2.45, 2.75) is 23.8 Å². The number of nitrogens with zero attached hydrogens (tertiary/aromatic N) is 3. The SMILES string of the molecule is CN1CCCC(NS(=O)(=O)c2cn(C)nc2N)C1. The quantitative estimate of drug-likeness (QED) is 0.765. The van der Waals surface area contributed by atoms with E-state index in [1.807, 2.05) is 7.05 Å². The largest absolute Gasteiger partial charge is 0.381 e. The van der Waals surface area contributed by atoms with Crippen LogP contribution in [-0.4, -0.2) is 49.3 Å². The number of hydrogen-bond acceptors (Lipinski definition) is 5. The number of piperidine rings is 1. The number of aromatic nitrogens is 2. The topological polar surface area (TPSA) is 93.2 Å². The molecular formula is C10H19N5O2S. The standard InChI is InChI=1S/C10H19N5O2S/c1-14-5-3-4-8(6-14)13-18(16,17)9-7-15(2)12-10(9)11/h7-8,13H,3-6H2,1-2H3,(H2,11,12). The summed E-state index contributed by atoms with van der Waals surface area (Å²) < 4.78 is 28.4. The number of nitrogens with two attached hydrogens (primary N) is 1. The maximum atomic E-state index is 12.2. The lowest BCUT2D eigenvalue weighted by Gasteiger charge is -2.29.